The third-order valence-corrected chi connectivity index (χ3v) is 5.49. The van der Waals surface area contributed by atoms with Gasteiger partial charge in [-0.25, -0.2) is 4.98 Å². The second-order valence-electron chi connectivity index (χ2n) is 6.69. The van der Waals surface area contributed by atoms with Crippen molar-refractivity contribution in [3.63, 3.8) is 0 Å². The zero-order chi connectivity index (χ0) is 18.9. The number of pyridine rings is 1. The summed E-state index contributed by atoms with van der Waals surface area (Å²) in [4.78, 5) is 17.0. The van der Waals surface area contributed by atoms with Crippen molar-refractivity contribution < 1.29 is 9.53 Å². The van der Waals surface area contributed by atoms with Crippen LogP contribution in [-0.2, 0) is 6.61 Å². The summed E-state index contributed by atoms with van der Waals surface area (Å²) >= 11 is 1.44. The van der Waals surface area contributed by atoms with E-state index in [4.69, 9.17) is 4.74 Å². The second kappa shape index (κ2) is 7.05. The van der Waals surface area contributed by atoms with Gasteiger partial charge in [-0.15, -0.1) is 10.2 Å². The summed E-state index contributed by atoms with van der Waals surface area (Å²) in [5, 5.41) is 12.5. The van der Waals surface area contributed by atoms with Crippen LogP contribution in [0.2, 0.25) is 0 Å². The molecule has 140 valence electrons. The molecule has 0 bridgehead atoms. The standard InChI is InChI=1S/C20H17N5O2S/c26-18(22-20-24-23-19(28-20)13-7-8-13)14-4-3-5-16(10-14)27-12-15-11-25-9-2-1-6-17(25)21-15/h1-6,9-11,13H,7-8,12H2,(H,22,24,26). The van der Waals surface area contributed by atoms with Gasteiger partial charge in [0.05, 0.1) is 5.69 Å². The van der Waals surface area contributed by atoms with Gasteiger partial charge in [0.1, 0.15) is 23.0 Å². The van der Waals surface area contributed by atoms with Crippen LogP contribution in [0.3, 0.4) is 0 Å². The average molecular weight is 391 g/mol. The molecule has 1 aromatic carbocycles. The Morgan fingerprint density at radius 3 is 3.00 bits per heavy atom. The monoisotopic (exact) mass is 391 g/mol. The lowest BCUT2D eigenvalue weighted by atomic mass is 10.2. The Hall–Kier alpha value is -3.26. The van der Waals surface area contributed by atoms with Gasteiger partial charge in [0, 0.05) is 23.9 Å². The minimum Gasteiger partial charge on any atom is -0.487 e. The van der Waals surface area contributed by atoms with E-state index in [0.717, 1.165) is 29.2 Å². The summed E-state index contributed by atoms with van der Waals surface area (Å²) in [5.74, 6) is 0.914. The van der Waals surface area contributed by atoms with Crippen LogP contribution < -0.4 is 10.1 Å². The first kappa shape index (κ1) is 16.9. The Morgan fingerprint density at radius 2 is 2.14 bits per heavy atom. The summed E-state index contributed by atoms with van der Waals surface area (Å²) in [7, 11) is 0. The van der Waals surface area contributed by atoms with Crippen molar-refractivity contribution in [3.05, 3.63) is 71.1 Å². The Morgan fingerprint density at radius 1 is 1.21 bits per heavy atom. The van der Waals surface area contributed by atoms with Crippen molar-refractivity contribution in [2.75, 3.05) is 5.32 Å². The molecule has 4 aromatic rings. The molecule has 8 heteroatoms. The molecule has 3 heterocycles. The van der Waals surface area contributed by atoms with Crippen LogP contribution in [0.15, 0.2) is 54.9 Å². The molecule has 0 aliphatic heterocycles. The van der Waals surface area contributed by atoms with E-state index in [-0.39, 0.29) is 5.91 Å². The lowest BCUT2D eigenvalue weighted by Crippen LogP contribution is -2.11. The predicted molar refractivity (Wildman–Crippen MR) is 106 cm³/mol. The van der Waals surface area contributed by atoms with E-state index in [1.54, 1.807) is 18.2 Å². The third-order valence-electron chi connectivity index (χ3n) is 4.48. The lowest BCUT2D eigenvalue weighted by Gasteiger charge is -2.06. The van der Waals surface area contributed by atoms with Crippen molar-refractivity contribution in [2.24, 2.45) is 0 Å². The van der Waals surface area contributed by atoms with Crippen LogP contribution >= 0.6 is 11.3 Å². The maximum absolute atomic E-state index is 12.5. The van der Waals surface area contributed by atoms with Gasteiger partial charge < -0.3 is 9.14 Å². The number of carbonyl (C=O) groups is 1. The molecule has 1 amide bonds. The largest absolute Gasteiger partial charge is 0.487 e. The van der Waals surface area contributed by atoms with Crippen LogP contribution in [-0.4, -0.2) is 25.5 Å². The molecule has 28 heavy (non-hydrogen) atoms. The summed E-state index contributed by atoms with van der Waals surface area (Å²) < 4.78 is 7.77. The van der Waals surface area contributed by atoms with Gasteiger partial charge in [-0.1, -0.05) is 23.5 Å². The molecule has 0 unspecified atom stereocenters. The number of nitrogens with zero attached hydrogens (tertiary/aromatic N) is 4. The van der Waals surface area contributed by atoms with E-state index in [1.807, 2.05) is 41.1 Å². The van der Waals surface area contributed by atoms with E-state index in [1.165, 1.54) is 11.3 Å². The fraction of sp³-hybridized carbons (Fsp3) is 0.200. The van der Waals surface area contributed by atoms with Crippen LogP contribution in [0.25, 0.3) is 5.65 Å². The van der Waals surface area contributed by atoms with Gasteiger partial charge in [-0.2, -0.15) is 0 Å². The molecule has 0 atom stereocenters. The van der Waals surface area contributed by atoms with Gasteiger partial charge in [0.2, 0.25) is 5.13 Å². The van der Waals surface area contributed by atoms with Crippen molar-refractivity contribution in [2.45, 2.75) is 25.4 Å². The van der Waals surface area contributed by atoms with Gasteiger partial charge in [-0.05, 0) is 43.2 Å². The van der Waals surface area contributed by atoms with Crippen molar-refractivity contribution in [3.8, 4) is 5.75 Å². The number of hydrogen-bond donors (Lipinski definition) is 1. The molecule has 3 aromatic heterocycles. The van der Waals surface area contributed by atoms with E-state index in [2.05, 4.69) is 20.5 Å². The summed E-state index contributed by atoms with van der Waals surface area (Å²) in [6.07, 6.45) is 6.19. The number of fused-ring (bicyclic) bond motifs is 1. The number of carbonyl (C=O) groups excluding carboxylic acids is 1. The van der Waals surface area contributed by atoms with Gasteiger partial charge in [-0.3, -0.25) is 10.1 Å². The number of ether oxygens (including phenoxy) is 1. The Bertz CT molecular complexity index is 1120. The highest BCUT2D eigenvalue weighted by Crippen LogP contribution is 2.42. The molecule has 1 fully saturated rings. The Balaban J connectivity index is 1.25. The van der Waals surface area contributed by atoms with E-state index >= 15 is 0 Å². The first-order chi connectivity index (χ1) is 13.7. The van der Waals surface area contributed by atoms with Crippen LogP contribution in [0, 0.1) is 0 Å². The molecule has 5 rings (SSSR count). The molecule has 0 spiro atoms. The van der Waals surface area contributed by atoms with Crippen LogP contribution in [0.5, 0.6) is 5.75 Å². The van der Waals surface area contributed by atoms with Crippen molar-refractivity contribution >= 4 is 28.0 Å². The molecule has 1 saturated carbocycles. The molecule has 0 saturated heterocycles. The van der Waals surface area contributed by atoms with Gasteiger partial charge in [0.25, 0.3) is 5.91 Å². The second-order valence-corrected chi connectivity index (χ2v) is 7.70. The Labute approximate surface area is 165 Å². The van der Waals surface area contributed by atoms with Crippen molar-refractivity contribution in [1.82, 2.24) is 19.6 Å². The van der Waals surface area contributed by atoms with Crippen LogP contribution in [0.1, 0.15) is 39.8 Å². The van der Waals surface area contributed by atoms with E-state index < -0.39 is 0 Å². The zero-order valence-corrected chi connectivity index (χ0v) is 15.7. The number of anilines is 1. The van der Waals surface area contributed by atoms with Crippen molar-refractivity contribution in [1.29, 1.82) is 0 Å². The van der Waals surface area contributed by atoms with Gasteiger partial charge >= 0.3 is 0 Å². The highest BCUT2D eigenvalue weighted by atomic mass is 32.1. The van der Waals surface area contributed by atoms with E-state index in [0.29, 0.717) is 29.0 Å². The normalized spacial score (nSPS) is 13.6. The first-order valence-electron chi connectivity index (χ1n) is 9.05. The quantitative estimate of drug-likeness (QED) is 0.539. The molecular formula is C20H17N5O2S. The number of amides is 1. The smallest absolute Gasteiger partial charge is 0.257 e. The summed E-state index contributed by atoms with van der Waals surface area (Å²) in [5.41, 5.74) is 2.20. The highest BCUT2D eigenvalue weighted by Gasteiger charge is 2.27. The van der Waals surface area contributed by atoms with E-state index in [9.17, 15) is 4.79 Å². The number of benzene rings is 1. The fourth-order valence-corrected chi connectivity index (χ4v) is 3.80. The molecular weight excluding hydrogens is 374 g/mol. The number of imidazole rings is 1. The SMILES string of the molecule is O=C(Nc1nnc(C2CC2)s1)c1cccc(OCc2cn3ccccc3n2)c1. The average Bonchev–Trinajstić information content (AvgIpc) is 3.32. The number of aromatic nitrogens is 4. The third kappa shape index (κ3) is 3.59. The van der Waals surface area contributed by atoms with Crippen LogP contribution in [0.4, 0.5) is 5.13 Å². The molecule has 0 radical (unpaired) electrons. The summed E-state index contributed by atoms with van der Waals surface area (Å²) in [6.45, 7) is 0.327. The molecule has 7 nitrogen and oxygen atoms in total. The maximum atomic E-state index is 12.5. The zero-order valence-electron chi connectivity index (χ0n) is 14.9. The fourth-order valence-electron chi connectivity index (χ4n) is 2.89. The molecule has 1 N–H and O–H groups in total. The Kier molecular flexibility index (Phi) is 4.25. The highest BCUT2D eigenvalue weighted by molar-refractivity contribution is 7.15. The number of nitrogens with one attached hydrogen (secondary N) is 1. The minimum absolute atomic E-state index is 0.225. The minimum atomic E-state index is -0.225. The molecule has 1 aliphatic carbocycles. The van der Waals surface area contributed by atoms with Gasteiger partial charge in [0.15, 0.2) is 0 Å². The predicted octanol–water partition coefficient (Wildman–Crippen LogP) is 3.89. The first-order valence-corrected chi connectivity index (χ1v) is 9.86. The molecule has 1 aliphatic rings. The summed E-state index contributed by atoms with van der Waals surface area (Å²) in [6, 6.07) is 12.9. The number of hydrogen-bond acceptors (Lipinski definition) is 6. The maximum Gasteiger partial charge on any atom is 0.257 e. The topological polar surface area (TPSA) is 81.4 Å². The lowest BCUT2D eigenvalue weighted by molar-refractivity contribution is 0.102. The number of rotatable bonds is 6.